The molecule has 1 saturated heterocycles. The number of rotatable bonds is 6. The van der Waals surface area contributed by atoms with Crippen molar-refractivity contribution in [2.45, 2.75) is 25.9 Å². The van der Waals surface area contributed by atoms with Gasteiger partial charge in [-0.1, -0.05) is 12.1 Å². The van der Waals surface area contributed by atoms with Gasteiger partial charge in [0.1, 0.15) is 0 Å². The summed E-state index contributed by atoms with van der Waals surface area (Å²) < 4.78 is 11.1. The van der Waals surface area contributed by atoms with Crippen LogP contribution in [-0.4, -0.2) is 31.3 Å². The van der Waals surface area contributed by atoms with E-state index >= 15 is 0 Å². The number of hydrogen-bond acceptors (Lipinski definition) is 4. The highest BCUT2D eigenvalue weighted by molar-refractivity contribution is 7.99. The van der Waals surface area contributed by atoms with Gasteiger partial charge in [-0.2, -0.15) is 11.8 Å². The van der Waals surface area contributed by atoms with E-state index in [1.54, 1.807) is 7.11 Å². The Morgan fingerprint density at radius 3 is 3.00 bits per heavy atom. The van der Waals surface area contributed by atoms with Gasteiger partial charge in [0.25, 0.3) is 0 Å². The van der Waals surface area contributed by atoms with Crippen molar-refractivity contribution in [1.29, 1.82) is 0 Å². The zero-order valence-corrected chi connectivity index (χ0v) is 11.9. The lowest BCUT2D eigenvalue weighted by molar-refractivity contribution is 0.308. The van der Waals surface area contributed by atoms with Crippen LogP contribution in [0.4, 0.5) is 0 Å². The first-order valence-electron chi connectivity index (χ1n) is 6.45. The second kappa shape index (κ2) is 6.90. The molecule has 0 spiro atoms. The molecule has 3 nitrogen and oxygen atoms in total. The standard InChI is InChI=1S/C14H21NO2S/c1-3-17-13-6-4-5-11(14(13)16-2)9-15-12-7-8-18-10-12/h4-6,12,15H,3,7-10H2,1-2H3. The largest absolute Gasteiger partial charge is 0.493 e. The number of nitrogens with one attached hydrogen (secondary N) is 1. The second-order valence-corrected chi connectivity index (χ2v) is 5.47. The lowest BCUT2D eigenvalue weighted by Gasteiger charge is -2.16. The zero-order chi connectivity index (χ0) is 12.8. The smallest absolute Gasteiger partial charge is 0.165 e. The predicted molar refractivity (Wildman–Crippen MR) is 76.7 cm³/mol. The highest BCUT2D eigenvalue weighted by Gasteiger charge is 2.16. The van der Waals surface area contributed by atoms with Gasteiger partial charge in [-0.25, -0.2) is 0 Å². The summed E-state index contributed by atoms with van der Waals surface area (Å²) in [5.41, 5.74) is 1.17. The molecule has 0 radical (unpaired) electrons. The van der Waals surface area contributed by atoms with Crippen LogP contribution in [-0.2, 0) is 6.54 Å². The maximum absolute atomic E-state index is 5.58. The number of methoxy groups -OCH3 is 1. The van der Waals surface area contributed by atoms with Crippen LogP contribution in [0.2, 0.25) is 0 Å². The predicted octanol–water partition coefficient (Wildman–Crippen LogP) is 2.69. The van der Waals surface area contributed by atoms with E-state index in [0.29, 0.717) is 12.6 Å². The summed E-state index contributed by atoms with van der Waals surface area (Å²) in [4.78, 5) is 0. The van der Waals surface area contributed by atoms with Crippen LogP contribution in [0.3, 0.4) is 0 Å². The van der Waals surface area contributed by atoms with Gasteiger partial charge in [-0.15, -0.1) is 0 Å². The highest BCUT2D eigenvalue weighted by Crippen LogP contribution is 2.31. The molecule has 1 unspecified atom stereocenters. The van der Waals surface area contributed by atoms with Gasteiger partial charge in [0.05, 0.1) is 13.7 Å². The van der Waals surface area contributed by atoms with E-state index in [1.807, 2.05) is 30.8 Å². The van der Waals surface area contributed by atoms with Gasteiger partial charge in [-0.3, -0.25) is 0 Å². The Hall–Kier alpha value is -0.870. The van der Waals surface area contributed by atoms with E-state index in [4.69, 9.17) is 9.47 Å². The van der Waals surface area contributed by atoms with Crippen LogP contribution in [0.1, 0.15) is 18.9 Å². The second-order valence-electron chi connectivity index (χ2n) is 4.32. The van der Waals surface area contributed by atoms with Crippen molar-refractivity contribution in [2.75, 3.05) is 25.2 Å². The highest BCUT2D eigenvalue weighted by atomic mass is 32.2. The molecule has 0 saturated carbocycles. The number of ether oxygens (including phenoxy) is 2. The van der Waals surface area contributed by atoms with Crippen LogP contribution in [0.25, 0.3) is 0 Å². The number of thioether (sulfide) groups is 1. The summed E-state index contributed by atoms with van der Waals surface area (Å²) in [6.45, 7) is 3.49. The van der Waals surface area contributed by atoms with E-state index < -0.39 is 0 Å². The Balaban J connectivity index is 2.03. The Morgan fingerprint density at radius 1 is 1.44 bits per heavy atom. The first-order valence-corrected chi connectivity index (χ1v) is 7.60. The third kappa shape index (κ3) is 3.33. The fraction of sp³-hybridized carbons (Fsp3) is 0.571. The molecular formula is C14H21NO2S. The first kappa shape index (κ1) is 13.6. The molecule has 1 aromatic carbocycles. The SMILES string of the molecule is CCOc1cccc(CNC2CCSC2)c1OC. The summed E-state index contributed by atoms with van der Waals surface area (Å²) in [5, 5.41) is 3.59. The number of para-hydroxylation sites is 1. The fourth-order valence-corrected chi connectivity index (χ4v) is 3.34. The van der Waals surface area contributed by atoms with Gasteiger partial charge in [0, 0.05) is 23.9 Å². The van der Waals surface area contributed by atoms with Gasteiger partial charge in [-0.05, 0) is 25.2 Å². The molecule has 1 atom stereocenters. The Morgan fingerprint density at radius 2 is 2.33 bits per heavy atom. The lowest BCUT2D eigenvalue weighted by atomic mass is 10.1. The molecule has 1 heterocycles. The van der Waals surface area contributed by atoms with E-state index in [0.717, 1.165) is 18.0 Å². The summed E-state index contributed by atoms with van der Waals surface area (Å²) in [6.07, 6.45) is 1.26. The van der Waals surface area contributed by atoms with Crippen LogP contribution in [0.15, 0.2) is 18.2 Å². The van der Waals surface area contributed by atoms with Crippen LogP contribution >= 0.6 is 11.8 Å². The van der Waals surface area contributed by atoms with E-state index in [1.165, 1.54) is 23.5 Å². The van der Waals surface area contributed by atoms with Crippen molar-refractivity contribution < 1.29 is 9.47 Å². The van der Waals surface area contributed by atoms with E-state index in [2.05, 4.69) is 11.4 Å². The topological polar surface area (TPSA) is 30.5 Å². The summed E-state index contributed by atoms with van der Waals surface area (Å²) in [5.74, 6) is 4.18. The minimum atomic E-state index is 0.635. The quantitative estimate of drug-likeness (QED) is 0.858. The average Bonchev–Trinajstić information content (AvgIpc) is 2.90. The molecule has 0 bridgehead atoms. The maximum atomic E-state index is 5.58. The molecule has 1 aromatic rings. The Bertz CT molecular complexity index is 378. The molecule has 1 N–H and O–H groups in total. The third-order valence-electron chi connectivity index (χ3n) is 3.08. The van der Waals surface area contributed by atoms with E-state index in [9.17, 15) is 0 Å². The van der Waals surface area contributed by atoms with Gasteiger partial charge in [0.2, 0.25) is 0 Å². The molecular weight excluding hydrogens is 246 g/mol. The first-order chi connectivity index (χ1) is 8.85. The minimum Gasteiger partial charge on any atom is -0.493 e. The molecule has 1 aliphatic rings. The molecule has 0 aromatic heterocycles. The molecule has 100 valence electrons. The van der Waals surface area contributed by atoms with Crippen LogP contribution in [0, 0.1) is 0 Å². The van der Waals surface area contributed by atoms with Gasteiger partial charge in [0.15, 0.2) is 11.5 Å². The summed E-state index contributed by atoms with van der Waals surface area (Å²) >= 11 is 2.02. The van der Waals surface area contributed by atoms with Crippen LogP contribution < -0.4 is 14.8 Å². The van der Waals surface area contributed by atoms with Crippen molar-refractivity contribution in [3.05, 3.63) is 23.8 Å². The normalized spacial score (nSPS) is 18.9. The molecule has 4 heteroatoms. The zero-order valence-electron chi connectivity index (χ0n) is 11.1. The molecule has 2 rings (SSSR count). The van der Waals surface area contributed by atoms with Crippen molar-refractivity contribution in [2.24, 2.45) is 0 Å². The third-order valence-corrected chi connectivity index (χ3v) is 4.24. The fourth-order valence-electron chi connectivity index (χ4n) is 2.15. The molecule has 18 heavy (non-hydrogen) atoms. The summed E-state index contributed by atoms with van der Waals surface area (Å²) in [6, 6.07) is 6.71. The number of hydrogen-bond donors (Lipinski definition) is 1. The Labute approximate surface area is 113 Å². The summed E-state index contributed by atoms with van der Waals surface area (Å²) in [7, 11) is 1.70. The van der Waals surface area contributed by atoms with Gasteiger partial charge < -0.3 is 14.8 Å². The van der Waals surface area contributed by atoms with Crippen molar-refractivity contribution >= 4 is 11.8 Å². The minimum absolute atomic E-state index is 0.635. The van der Waals surface area contributed by atoms with Crippen LogP contribution in [0.5, 0.6) is 11.5 Å². The van der Waals surface area contributed by atoms with Crippen molar-refractivity contribution in [1.82, 2.24) is 5.32 Å². The average molecular weight is 267 g/mol. The monoisotopic (exact) mass is 267 g/mol. The maximum Gasteiger partial charge on any atom is 0.165 e. The number of benzene rings is 1. The van der Waals surface area contributed by atoms with Crippen molar-refractivity contribution in [3.8, 4) is 11.5 Å². The molecule has 0 amide bonds. The molecule has 1 fully saturated rings. The van der Waals surface area contributed by atoms with Gasteiger partial charge >= 0.3 is 0 Å². The molecule has 1 aliphatic heterocycles. The Kier molecular flexibility index (Phi) is 5.20. The van der Waals surface area contributed by atoms with Crippen molar-refractivity contribution in [3.63, 3.8) is 0 Å². The van der Waals surface area contributed by atoms with E-state index in [-0.39, 0.29) is 0 Å². The lowest BCUT2D eigenvalue weighted by Crippen LogP contribution is -2.28. The molecule has 0 aliphatic carbocycles.